The first-order chi connectivity index (χ1) is 15.3. The van der Waals surface area contributed by atoms with E-state index in [0.717, 1.165) is 0 Å². The first kappa shape index (κ1) is 21.8. The van der Waals surface area contributed by atoms with Crippen molar-refractivity contribution in [3.8, 4) is 5.75 Å². The number of benzene rings is 2. The first-order valence-corrected chi connectivity index (χ1v) is 10.1. The normalized spacial score (nSPS) is 15.3. The highest BCUT2D eigenvalue weighted by Gasteiger charge is 2.32. The van der Waals surface area contributed by atoms with Gasteiger partial charge in [0.25, 0.3) is 5.91 Å². The Morgan fingerprint density at radius 2 is 2.06 bits per heavy atom. The van der Waals surface area contributed by atoms with Crippen molar-refractivity contribution in [3.05, 3.63) is 76.1 Å². The summed E-state index contributed by atoms with van der Waals surface area (Å²) in [5, 5.41) is 11.2. The summed E-state index contributed by atoms with van der Waals surface area (Å²) < 4.78 is 34.6. The summed E-state index contributed by atoms with van der Waals surface area (Å²) in [5.41, 5.74) is 2.09. The molecule has 4 rings (SSSR count). The van der Waals surface area contributed by atoms with Gasteiger partial charge in [-0.15, -0.1) is 0 Å². The van der Waals surface area contributed by atoms with Crippen molar-refractivity contribution >= 4 is 28.9 Å². The molecule has 1 N–H and O–H groups in total. The van der Waals surface area contributed by atoms with E-state index in [1.54, 1.807) is 36.7 Å². The molecule has 0 radical (unpaired) electrons. The summed E-state index contributed by atoms with van der Waals surface area (Å²) in [7, 11) is 0. The maximum Gasteiger partial charge on any atom is 0.268 e. The Morgan fingerprint density at radius 1 is 1.28 bits per heavy atom. The number of ether oxygens (including phenoxy) is 1. The van der Waals surface area contributed by atoms with Gasteiger partial charge in [0.15, 0.2) is 6.73 Å². The van der Waals surface area contributed by atoms with Gasteiger partial charge in [0.1, 0.15) is 17.4 Å². The quantitative estimate of drug-likeness (QED) is 0.583. The van der Waals surface area contributed by atoms with Crippen molar-refractivity contribution < 1.29 is 23.1 Å². The van der Waals surface area contributed by atoms with Gasteiger partial charge in [0.05, 0.1) is 33.4 Å². The van der Waals surface area contributed by atoms with Crippen molar-refractivity contribution in [2.45, 2.75) is 33.1 Å². The second-order valence-electron chi connectivity index (χ2n) is 7.20. The smallest absolute Gasteiger partial charge is 0.268 e. The second kappa shape index (κ2) is 8.96. The molecule has 7 nitrogen and oxygen atoms in total. The molecule has 10 heteroatoms. The number of amides is 1. The highest BCUT2D eigenvalue weighted by Crippen LogP contribution is 2.27. The number of nitrogens with zero attached hydrogens (tertiary/aromatic N) is 3. The maximum atomic E-state index is 14.1. The molecule has 1 amide bonds. The van der Waals surface area contributed by atoms with Crippen LogP contribution in [0.25, 0.3) is 0 Å². The van der Waals surface area contributed by atoms with E-state index in [9.17, 15) is 13.6 Å². The molecule has 1 aliphatic heterocycles. The van der Waals surface area contributed by atoms with Gasteiger partial charge in [-0.25, -0.2) is 13.5 Å². The third-order valence-electron chi connectivity index (χ3n) is 4.99. The lowest BCUT2D eigenvalue weighted by Crippen LogP contribution is -2.28. The topological polar surface area (TPSA) is 77.7 Å². The van der Waals surface area contributed by atoms with Gasteiger partial charge in [0, 0.05) is 12.5 Å². The van der Waals surface area contributed by atoms with E-state index in [0.29, 0.717) is 22.8 Å². The van der Waals surface area contributed by atoms with Crippen LogP contribution >= 0.6 is 11.6 Å². The fourth-order valence-electron chi connectivity index (χ4n) is 3.34. The van der Waals surface area contributed by atoms with Gasteiger partial charge >= 0.3 is 0 Å². The molecule has 32 heavy (non-hydrogen) atoms. The van der Waals surface area contributed by atoms with Crippen LogP contribution in [0, 0.1) is 25.5 Å². The van der Waals surface area contributed by atoms with Crippen molar-refractivity contribution in [2.24, 2.45) is 5.16 Å². The van der Waals surface area contributed by atoms with Crippen molar-refractivity contribution in [1.82, 2.24) is 9.78 Å². The second-order valence-corrected chi connectivity index (χ2v) is 7.61. The molecular formula is C22H19ClF2N4O3. The molecule has 0 saturated heterocycles. The fraction of sp³-hybridized carbons (Fsp3) is 0.227. The number of hydrogen-bond donors (Lipinski definition) is 1. The maximum absolute atomic E-state index is 14.1. The molecule has 1 aromatic heterocycles. The Balaban J connectivity index is 1.42. The molecule has 3 aromatic rings. The van der Waals surface area contributed by atoms with Crippen LogP contribution in [0.4, 0.5) is 14.5 Å². The Hall–Kier alpha value is -3.46. The zero-order valence-electron chi connectivity index (χ0n) is 17.2. The molecule has 1 aliphatic rings. The van der Waals surface area contributed by atoms with Gasteiger partial charge in [-0.05, 0) is 38.1 Å². The number of nitrogens with one attached hydrogen (secondary N) is 1. The summed E-state index contributed by atoms with van der Waals surface area (Å²) >= 11 is 6.07. The lowest BCUT2D eigenvalue weighted by molar-refractivity contribution is -0.125. The van der Waals surface area contributed by atoms with E-state index < -0.39 is 23.6 Å². The summed E-state index contributed by atoms with van der Waals surface area (Å²) in [5.74, 6) is -1.03. The monoisotopic (exact) mass is 460 g/mol. The predicted octanol–water partition coefficient (Wildman–Crippen LogP) is 4.60. The Morgan fingerprint density at radius 3 is 2.81 bits per heavy atom. The molecule has 0 bridgehead atoms. The van der Waals surface area contributed by atoms with Crippen molar-refractivity contribution in [2.75, 3.05) is 5.32 Å². The average Bonchev–Trinajstić information content (AvgIpc) is 3.33. The van der Waals surface area contributed by atoms with Crippen molar-refractivity contribution in [1.29, 1.82) is 0 Å². The number of carbonyl (C=O) groups excluding carboxylic acids is 1. The van der Waals surface area contributed by atoms with Gasteiger partial charge in [0.2, 0.25) is 6.10 Å². The van der Waals surface area contributed by atoms with Crippen LogP contribution in [0.2, 0.25) is 5.02 Å². The van der Waals surface area contributed by atoms with Crippen LogP contribution in [-0.4, -0.2) is 27.5 Å². The Kier molecular flexibility index (Phi) is 6.09. The lowest BCUT2D eigenvalue weighted by Gasteiger charge is -2.11. The number of aromatic nitrogens is 2. The summed E-state index contributed by atoms with van der Waals surface area (Å²) in [6.07, 6.45) is -0.868. The van der Waals surface area contributed by atoms with E-state index in [1.807, 2.05) is 0 Å². The number of aryl methyl sites for hydroxylation is 1. The Labute approximate surface area is 187 Å². The Bertz CT molecular complexity index is 1190. The third kappa shape index (κ3) is 4.43. The zero-order valence-corrected chi connectivity index (χ0v) is 18.0. The minimum Gasteiger partial charge on any atom is -0.471 e. The summed E-state index contributed by atoms with van der Waals surface area (Å²) in [6.45, 7) is 3.53. The van der Waals surface area contributed by atoms with E-state index in [-0.39, 0.29) is 29.4 Å². The van der Waals surface area contributed by atoms with E-state index >= 15 is 0 Å². The van der Waals surface area contributed by atoms with Gasteiger partial charge < -0.3 is 14.9 Å². The molecule has 0 aliphatic carbocycles. The number of rotatable bonds is 6. The number of hydrogen-bond acceptors (Lipinski definition) is 5. The molecule has 2 heterocycles. The van der Waals surface area contributed by atoms with Crippen LogP contribution in [0.5, 0.6) is 5.75 Å². The van der Waals surface area contributed by atoms with Crippen LogP contribution in [0.3, 0.4) is 0 Å². The molecule has 1 unspecified atom stereocenters. The number of halogens is 3. The highest BCUT2D eigenvalue weighted by molar-refractivity contribution is 6.34. The van der Waals surface area contributed by atoms with Gasteiger partial charge in [-0.3, -0.25) is 4.79 Å². The van der Waals surface area contributed by atoms with Crippen LogP contribution < -0.4 is 10.1 Å². The van der Waals surface area contributed by atoms with Crippen LogP contribution in [-0.2, 0) is 16.4 Å². The standard InChI is InChI=1S/C22H19ClF2N4O3/c1-12-21(13(2)29(27-12)11-31-15-6-3-5-14(24)9-15)26-22(30)19-10-18(28-32-19)20-16(23)7-4-8-17(20)25/h3-9,19H,10-11H2,1-2H3,(H,26,30). The van der Waals surface area contributed by atoms with Crippen LogP contribution in [0.1, 0.15) is 23.4 Å². The SMILES string of the molecule is Cc1nn(COc2cccc(F)c2)c(C)c1NC(=O)C1CC(c2c(F)cccc2Cl)=NO1. The zero-order chi connectivity index (χ0) is 22.8. The van der Waals surface area contributed by atoms with Crippen molar-refractivity contribution in [3.63, 3.8) is 0 Å². The molecule has 166 valence electrons. The van der Waals surface area contributed by atoms with E-state index in [4.69, 9.17) is 21.2 Å². The van der Waals surface area contributed by atoms with E-state index in [1.165, 1.54) is 24.3 Å². The molecule has 0 spiro atoms. The lowest BCUT2D eigenvalue weighted by atomic mass is 10.0. The number of carbonyl (C=O) groups is 1. The molecule has 1 atom stereocenters. The summed E-state index contributed by atoms with van der Waals surface area (Å²) in [6, 6.07) is 10.1. The first-order valence-electron chi connectivity index (χ1n) is 9.74. The van der Waals surface area contributed by atoms with Gasteiger partial charge in [-0.1, -0.05) is 28.9 Å². The average molecular weight is 461 g/mol. The van der Waals surface area contributed by atoms with Gasteiger partial charge in [-0.2, -0.15) is 5.10 Å². The molecule has 0 saturated carbocycles. The third-order valence-corrected chi connectivity index (χ3v) is 5.31. The number of oxime groups is 1. The predicted molar refractivity (Wildman–Crippen MR) is 115 cm³/mol. The fourth-order valence-corrected chi connectivity index (χ4v) is 3.61. The minimum atomic E-state index is -0.939. The molecular weight excluding hydrogens is 442 g/mol. The minimum absolute atomic E-state index is 0.0327. The van der Waals surface area contributed by atoms with E-state index in [2.05, 4.69) is 15.6 Å². The largest absolute Gasteiger partial charge is 0.471 e. The summed E-state index contributed by atoms with van der Waals surface area (Å²) in [4.78, 5) is 18.0. The highest BCUT2D eigenvalue weighted by atomic mass is 35.5. The molecule has 0 fully saturated rings. The molecule has 2 aromatic carbocycles. The number of anilines is 1. The van der Waals surface area contributed by atoms with Crippen LogP contribution in [0.15, 0.2) is 47.6 Å².